The molecule has 1 fully saturated rings. The van der Waals surface area contributed by atoms with E-state index in [9.17, 15) is 4.79 Å². The van der Waals surface area contributed by atoms with E-state index >= 15 is 0 Å². The summed E-state index contributed by atoms with van der Waals surface area (Å²) < 4.78 is 0. The highest BCUT2D eigenvalue weighted by atomic mass is 16.1. The zero-order valence-electron chi connectivity index (χ0n) is 14.3. The predicted molar refractivity (Wildman–Crippen MR) is 97.6 cm³/mol. The maximum Gasteiger partial charge on any atom is 0.255 e. The predicted octanol–water partition coefficient (Wildman–Crippen LogP) is 2.68. The second-order valence-electron chi connectivity index (χ2n) is 6.31. The lowest BCUT2D eigenvalue weighted by Crippen LogP contribution is -2.28. The van der Waals surface area contributed by atoms with Gasteiger partial charge in [-0.05, 0) is 42.7 Å². The van der Waals surface area contributed by atoms with Gasteiger partial charge in [0, 0.05) is 45.6 Å². The molecule has 126 valence electrons. The maximum absolute atomic E-state index is 12.6. The molecule has 1 aromatic carbocycles. The molecule has 1 aliphatic rings. The molecule has 0 saturated carbocycles. The van der Waals surface area contributed by atoms with Crippen LogP contribution in [0.4, 0.5) is 11.5 Å². The van der Waals surface area contributed by atoms with E-state index in [1.54, 1.807) is 6.20 Å². The Morgan fingerprint density at radius 1 is 1.17 bits per heavy atom. The fourth-order valence-corrected chi connectivity index (χ4v) is 2.94. The van der Waals surface area contributed by atoms with Gasteiger partial charge in [-0.25, -0.2) is 4.98 Å². The third kappa shape index (κ3) is 3.67. The second-order valence-corrected chi connectivity index (χ2v) is 6.31. The van der Waals surface area contributed by atoms with Crippen LogP contribution in [0, 0.1) is 0 Å². The molecule has 0 unspecified atom stereocenters. The lowest BCUT2D eigenvalue weighted by Gasteiger charge is -2.19. The average molecular weight is 324 g/mol. The lowest BCUT2D eigenvalue weighted by atomic mass is 10.2. The zero-order valence-corrected chi connectivity index (χ0v) is 14.3. The summed E-state index contributed by atoms with van der Waals surface area (Å²) in [5.74, 6) is 0.733. The Hall–Kier alpha value is -2.56. The molecule has 5 nitrogen and oxygen atoms in total. The third-order valence-electron chi connectivity index (χ3n) is 4.34. The lowest BCUT2D eigenvalue weighted by molar-refractivity contribution is 0.0951. The van der Waals surface area contributed by atoms with Gasteiger partial charge >= 0.3 is 0 Å². The van der Waals surface area contributed by atoms with E-state index in [4.69, 9.17) is 0 Å². The minimum absolute atomic E-state index is 0.0679. The molecule has 5 heteroatoms. The van der Waals surface area contributed by atoms with E-state index in [1.807, 2.05) is 38.4 Å². The van der Waals surface area contributed by atoms with Crippen molar-refractivity contribution in [3.8, 4) is 0 Å². The van der Waals surface area contributed by atoms with Gasteiger partial charge in [0.05, 0.1) is 5.56 Å². The van der Waals surface area contributed by atoms with Gasteiger partial charge in [0.2, 0.25) is 0 Å². The SMILES string of the molecule is CN(C)c1ccc(CNC(=O)c2cccnc2N2CCCC2)cc1. The van der Waals surface area contributed by atoms with E-state index in [0.717, 1.165) is 43.0 Å². The number of nitrogens with zero attached hydrogens (tertiary/aromatic N) is 3. The number of anilines is 2. The Labute approximate surface area is 143 Å². The number of carbonyl (C=O) groups is 1. The quantitative estimate of drug-likeness (QED) is 0.919. The number of hydrogen-bond acceptors (Lipinski definition) is 4. The number of pyridine rings is 1. The first kappa shape index (κ1) is 16.3. The van der Waals surface area contributed by atoms with Crippen molar-refractivity contribution in [3.63, 3.8) is 0 Å². The average Bonchev–Trinajstić information content (AvgIpc) is 3.14. The van der Waals surface area contributed by atoms with Crippen LogP contribution in [0.1, 0.15) is 28.8 Å². The summed E-state index contributed by atoms with van der Waals surface area (Å²) >= 11 is 0. The highest BCUT2D eigenvalue weighted by molar-refractivity contribution is 5.98. The maximum atomic E-state index is 12.6. The van der Waals surface area contributed by atoms with Crippen LogP contribution in [0.2, 0.25) is 0 Å². The van der Waals surface area contributed by atoms with Crippen molar-refractivity contribution in [1.29, 1.82) is 0 Å². The van der Waals surface area contributed by atoms with Crippen LogP contribution >= 0.6 is 0 Å². The molecule has 0 bridgehead atoms. The van der Waals surface area contributed by atoms with Crippen LogP contribution in [0.3, 0.4) is 0 Å². The van der Waals surface area contributed by atoms with Gasteiger partial charge in [-0.15, -0.1) is 0 Å². The molecule has 1 aliphatic heterocycles. The Bertz CT molecular complexity index is 691. The summed E-state index contributed by atoms with van der Waals surface area (Å²) in [6.07, 6.45) is 4.08. The Kier molecular flexibility index (Phi) is 4.99. The molecule has 24 heavy (non-hydrogen) atoms. The van der Waals surface area contributed by atoms with Gasteiger partial charge in [0.1, 0.15) is 5.82 Å². The summed E-state index contributed by atoms with van der Waals surface area (Å²) in [7, 11) is 4.03. The highest BCUT2D eigenvalue weighted by Gasteiger charge is 2.20. The third-order valence-corrected chi connectivity index (χ3v) is 4.34. The topological polar surface area (TPSA) is 48.5 Å². The van der Waals surface area contributed by atoms with Gasteiger partial charge in [-0.2, -0.15) is 0 Å². The van der Waals surface area contributed by atoms with Crippen LogP contribution in [-0.2, 0) is 6.54 Å². The van der Waals surface area contributed by atoms with E-state index in [-0.39, 0.29) is 5.91 Å². The summed E-state index contributed by atoms with van der Waals surface area (Å²) in [5, 5.41) is 3.01. The fraction of sp³-hybridized carbons (Fsp3) is 0.368. The molecular formula is C19H24N4O. The van der Waals surface area contributed by atoms with Crippen molar-refractivity contribution >= 4 is 17.4 Å². The first-order chi connectivity index (χ1) is 11.6. The van der Waals surface area contributed by atoms with Crippen molar-refractivity contribution < 1.29 is 4.79 Å². The molecule has 2 aromatic rings. The summed E-state index contributed by atoms with van der Waals surface area (Å²) in [6, 6.07) is 11.9. The first-order valence-corrected chi connectivity index (χ1v) is 8.39. The van der Waals surface area contributed by atoms with Crippen molar-refractivity contribution in [2.24, 2.45) is 0 Å². The summed E-state index contributed by atoms with van der Waals surface area (Å²) in [4.78, 5) is 21.3. The monoisotopic (exact) mass is 324 g/mol. The van der Waals surface area contributed by atoms with Crippen molar-refractivity contribution in [2.75, 3.05) is 37.0 Å². The Balaban J connectivity index is 1.67. The van der Waals surface area contributed by atoms with E-state index in [0.29, 0.717) is 12.1 Å². The standard InChI is InChI=1S/C19H24N4O/c1-22(2)16-9-7-15(8-10-16)14-21-19(24)17-6-5-11-20-18(17)23-12-3-4-13-23/h5-11H,3-4,12-14H2,1-2H3,(H,21,24). The van der Waals surface area contributed by atoms with E-state index in [2.05, 4.69) is 32.2 Å². The van der Waals surface area contributed by atoms with Crippen LogP contribution in [-0.4, -0.2) is 38.1 Å². The molecule has 1 amide bonds. The number of aromatic nitrogens is 1. The van der Waals surface area contributed by atoms with Gasteiger partial charge in [-0.3, -0.25) is 4.79 Å². The Morgan fingerprint density at radius 3 is 2.54 bits per heavy atom. The minimum atomic E-state index is -0.0679. The molecule has 1 saturated heterocycles. The number of rotatable bonds is 5. The van der Waals surface area contributed by atoms with Gasteiger partial charge < -0.3 is 15.1 Å². The molecule has 0 radical (unpaired) electrons. The van der Waals surface area contributed by atoms with Crippen molar-refractivity contribution in [1.82, 2.24) is 10.3 Å². The first-order valence-electron chi connectivity index (χ1n) is 8.39. The summed E-state index contributed by atoms with van der Waals surface area (Å²) in [5.41, 5.74) is 2.89. The van der Waals surface area contributed by atoms with Crippen LogP contribution in [0.5, 0.6) is 0 Å². The van der Waals surface area contributed by atoms with E-state index in [1.165, 1.54) is 0 Å². The van der Waals surface area contributed by atoms with E-state index < -0.39 is 0 Å². The van der Waals surface area contributed by atoms with Crippen LogP contribution in [0.15, 0.2) is 42.6 Å². The number of benzene rings is 1. The molecule has 0 spiro atoms. The second kappa shape index (κ2) is 7.34. The molecule has 3 rings (SSSR count). The fourth-order valence-electron chi connectivity index (χ4n) is 2.94. The zero-order chi connectivity index (χ0) is 16.9. The molecule has 0 atom stereocenters. The number of carbonyl (C=O) groups excluding carboxylic acids is 1. The number of amides is 1. The number of hydrogen-bond donors (Lipinski definition) is 1. The molecular weight excluding hydrogens is 300 g/mol. The molecule has 2 heterocycles. The minimum Gasteiger partial charge on any atom is -0.378 e. The molecule has 1 N–H and O–H groups in total. The molecule has 1 aromatic heterocycles. The molecule has 0 aliphatic carbocycles. The smallest absolute Gasteiger partial charge is 0.255 e. The van der Waals surface area contributed by atoms with Crippen LogP contribution < -0.4 is 15.1 Å². The largest absolute Gasteiger partial charge is 0.378 e. The van der Waals surface area contributed by atoms with Gasteiger partial charge in [0.25, 0.3) is 5.91 Å². The van der Waals surface area contributed by atoms with Gasteiger partial charge in [-0.1, -0.05) is 12.1 Å². The van der Waals surface area contributed by atoms with Crippen molar-refractivity contribution in [2.45, 2.75) is 19.4 Å². The summed E-state index contributed by atoms with van der Waals surface area (Å²) in [6.45, 7) is 2.47. The highest BCUT2D eigenvalue weighted by Crippen LogP contribution is 2.22. The normalized spacial score (nSPS) is 13.8. The van der Waals surface area contributed by atoms with Crippen molar-refractivity contribution in [3.05, 3.63) is 53.7 Å². The van der Waals surface area contributed by atoms with Crippen LogP contribution in [0.25, 0.3) is 0 Å². The Morgan fingerprint density at radius 2 is 1.88 bits per heavy atom. The van der Waals surface area contributed by atoms with Gasteiger partial charge in [0.15, 0.2) is 0 Å². The number of nitrogens with one attached hydrogen (secondary N) is 1.